The fourth-order valence-corrected chi connectivity index (χ4v) is 0.505. The molecule has 0 rings (SSSR count). The molecule has 0 spiro atoms. The van der Waals surface area contributed by atoms with E-state index in [-0.39, 0.29) is 61.0 Å². The van der Waals surface area contributed by atoms with E-state index in [0.29, 0.717) is 0 Å². The Kier molecular flexibility index (Phi) is 24.3. The van der Waals surface area contributed by atoms with Crippen molar-refractivity contribution in [3.05, 3.63) is 0 Å². The minimum atomic E-state index is -4.17. The fraction of sp³-hybridized carbons (Fsp3) is 1.00. The summed E-state index contributed by atoms with van der Waals surface area (Å²) < 4.78 is 13.6. The molecule has 2 N–H and O–H groups in total. The predicted molar refractivity (Wildman–Crippen MR) is 24.8 cm³/mol. The van der Waals surface area contributed by atoms with Gasteiger partial charge in [0.05, 0.1) is 6.61 Å². The Morgan fingerprint density at radius 2 is 1.90 bits per heavy atom. The molecule has 0 heterocycles. The van der Waals surface area contributed by atoms with E-state index in [4.69, 9.17) is 9.79 Å². The molecule has 0 atom stereocenters. The second-order valence-corrected chi connectivity index (χ2v) is 2.15. The van der Waals surface area contributed by atoms with Gasteiger partial charge in [0, 0.05) is 34.1 Å². The van der Waals surface area contributed by atoms with Gasteiger partial charge in [0.2, 0.25) is 0 Å². The third kappa shape index (κ3) is 22.6. The Morgan fingerprint density at radius 1 is 1.60 bits per heavy atom. The van der Waals surface area contributed by atoms with Crippen molar-refractivity contribution < 1.29 is 73.3 Å². The van der Waals surface area contributed by atoms with Crippen LogP contribution in [0.25, 0.3) is 0 Å². The van der Waals surface area contributed by atoms with E-state index in [0.717, 1.165) is 0 Å². The quantitative estimate of drug-likeness (QED) is 0.408. The van der Waals surface area contributed by atoms with Crippen molar-refractivity contribution in [2.75, 3.05) is 6.61 Å². The largest absolute Gasteiger partial charge is 1.00 e. The smallest absolute Gasteiger partial charge is 1.00 e. The van der Waals surface area contributed by atoms with Gasteiger partial charge in [-0.1, -0.05) is 0 Å². The molecule has 4 nitrogen and oxygen atoms in total. The molecule has 0 aliphatic rings. The summed E-state index contributed by atoms with van der Waals surface area (Å²) in [5.74, 6) is 0. The number of rotatable bonds is 2. The van der Waals surface area contributed by atoms with Crippen LogP contribution in [-0.4, -0.2) is 16.4 Å². The number of phosphoric acid groups is 1. The van der Waals surface area contributed by atoms with Gasteiger partial charge < -0.3 is 11.2 Å². The average molecular weight is 245 g/mol. The molecule has 0 aromatic rings. The van der Waals surface area contributed by atoms with Crippen LogP contribution in [0.4, 0.5) is 0 Å². The van der Waals surface area contributed by atoms with E-state index in [1.165, 1.54) is 6.92 Å². The minimum Gasteiger partial charge on any atom is -1.00 e. The standard InChI is InChI=1S/C2H7O4P.Fe.Li.Mn.H/c1-2-6-7(3,4)5;;;;/h2H2,1H3,(H2,3,4,5);;;;/q;;+1;;-1. The van der Waals surface area contributed by atoms with Gasteiger partial charge in [-0.05, 0) is 6.92 Å². The molecule has 0 fully saturated rings. The van der Waals surface area contributed by atoms with Crippen LogP contribution in [0.5, 0.6) is 0 Å². The minimum absolute atomic E-state index is 0. The molecule has 0 aliphatic carbocycles. The molecule has 61 valence electrons. The Morgan fingerprint density at radius 3 is 1.90 bits per heavy atom. The molecule has 10 heavy (non-hydrogen) atoms. The number of hydrogen-bond acceptors (Lipinski definition) is 2. The summed E-state index contributed by atoms with van der Waals surface area (Å²) in [4.78, 5) is 15.8. The van der Waals surface area contributed by atoms with Gasteiger partial charge >= 0.3 is 26.7 Å². The van der Waals surface area contributed by atoms with E-state index < -0.39 is 7.82 Å². The summed E-state index contributed by atoms with van der Waals surface area (Å²) in [5, 5.41) is 0. The van der Waals surface area contributed by atoms with Crippen LogP contribution in [0.3, 0.4) is 0 Å². The zero-order valence-electron chi connectivity index (χ0n) is 6.60. The first kappa shape index (κ1) is 22.6. The third-order valence-corrected chi connectivity index (χ3v) is 0.892. The van der Waals surface area contributed by atoms with Crippen molar-refractivity contribution in [1.82, 2.24) is 0 Å². The summed E-state index contributed by atoms with van der Waals surface area (Å²) in [6.07, 6.45) is 0. The van der Waals surface area contributed by atoms with Gasteiger partial charge in [-0.3, -0.25) is 4.52 Å². The molecule has 1 radical (unpaired) electrons. The molecule has 0 aromatic heterocycles. The Labute approximate surface area is 94.3 Å². The second kappa shape index (κ2) is 10.7. The van der Waals surface area contributed by atoms with Gasteiger partial charge in [0.25, 0.3) is 0 Å². The fourth-order valence-electron chi connectivity index (χ4n) is 0.168. The van der Waals surface area contributed by atoms with Crippen molar-refractivity contribution in [3.63, 3.8) is 0 Å². The summed E-state index contributed by atoms with van der Waals surface area (Å²) in [5.41, 5.74) is 0. The summed E-state index contributed by atoms with van der Waals surface area (Å²) in [7, 11) is -4.17. The molecular weight excluding hydrogens is 237 g/mol. The van der Waals surface area contributed by atoms with Crippen LogP contribution in [0.1, 0.15) is 8.35 Å². The SMILES string of the molecule is CCOP(=O)(O)O.[Fe].[H-].[Li+].[Mn]. The van der Waals surface area contributed by atoms with Crippen LogP contribution < -0.4 is 18.9 Å². The summed E-state index contributed by atoms with van der Waals surface area (Å²) in [6, 6.07) is 0. The van der Waals surface area contributed by atoms with Crippen LogP contribution in [0.2, 0.25) is 0 Å². The molecule has 0 aliphatic heterocycles. The predicted octanol–water partition coefficient (Wildman–Crippen LogP) is -2.77. The third-order valence-electron chi connectivity index (χ3n) is 0.297. The first-order valence-corrected chi connectivity index (χ1v) is 3.29. The number of hydrogen-bond donors (Lipinski definition) is 2. The summed E-state index contributed by atoms with van der Waals surface area (Å²) >= 11 is 0. The van der Waals surface area contributed by atoms with Crippen LogP contribution >= 0.6 is 7.82 Å². The second-order valence-electron chi connectivity index (χ2n) is 0.908. The van der Waals surface area contributed by atoms with Gasteiger partial charge in [0.15, 0.2) is 0 Å². The maximum absolute atomic E-state index is 9.70. The first-order valence-electron chi connectivity index (χ1n) is 1.76. The monoisotopic (exact) mass is 245 g/mol. The molecule has 0 bridgehead atoms. The van der Waals surface area contributed by atoms with Gasteiger partial charge in [-0.2, -0.15) is 0 Å². The molecular formula is C2H8FeLiMnO4P. The molecule has 0 saturated heterocycles. The normalized spacial score (nSPS) is 8.30. The van der Waals surface area contributed by atoms with Crippen molar-refractivity contribution in [2.24, 2.45) is 0 Å². The first-order chi connectivity index (χ1) is 3.06. The average Bonchev–Trinajstić information content (AvgIpc) is 1.30. The van der Waals surface area contributed by atoms with Crippen molar-refractivity contribution in [2.45, 2.75) is 6.92 Å². The zero-order valence-corrected chi connectivity index (χ0v) is 8.78. The van der Waals surface area contributed by atoms with Gasteiger partial charge in [-0.25, -0.2) is 4.57 Å². The molecule has 0 saturated carbocycles. The topological polar surface area (TPSA) is 66.8 Å². The Hall–Kier alpha value is 1.75. The van der Waals surface area contributed by atoms with Gasteiger partial charge in [-0.15, -0.1) is 0 Å². The number of phosphoric ester groups is 1. The van der Waals surface area contributed by atoms with E-state index >= 15 is 0 Å². The zero-order chi connectivity index (χ0) is 5.91. The van der Waals surface area contributed by atoms with E-state index in [1.807, 2.05) is 0 Å². The van der Waals surface area contributed by atoms with Crippen molar-refractivity contribution in [1.29, 1.82) is 0 Å². The van der Waals surface area contributed by atoms with Crippen molar-refractivity contribution >= 4 is 7.82 Å². The molecule has 0 amide bonds. The molecule has 8 heteroatoms. The maximum atomic E-state index is 9.70. The maximum Gasteiger partial charge on any atom is 1.00 e. The molecule has 0 unspecified atom stereocenters. The van der Waals surface area contributed by atoms with Crippen LogP contribution in [-0.2, 0) is 43.2 Å². The van der Waals surface area contributed by atoms with E-state index in [9.17, 15) is 4.57 Å². The summed E-state index contributed by atoms with van der Waals surface area (Å²) in [6.45, 7) is 1.56. The van der Waals surface area contributed by atoms with Crippen LogP contribution in [0, 0.1) is 0 Å². The van der Waals surface area contributed by atoms with Gasteiger partial charge in [0.1, 0.15) is 0 Å². The Balaban J connectivity index is -0.0000000300. The van der Waals surface area contributed by atoms with E-state index in [2.05, 4.69) is 4.52 Å². The molecule has 0 aromatic carbocycles. The Bertz CT molecular complexity index is 102. The van der Waals surface area contributed by atoms with Crippen molar-refractivity contribution in [3.8, 4) is 0 Å². The van der Waals surface area contributed by atoms with E-state index in [1.54, 1.807) is 0 Å². The van der Waals surface area contributed by atoms with Crippen LogP contribution in [0.15, 0.2) is 0 Å².